The van der Waals surface area contributed by atoms with Gasteiger partial charge in [0.15, 0.2) is 0 Å². The van der Waals surface area contributed by atoms with E-state index >= 15 is 0 Å². The Morgan fingerprint density at radius 1 is 1.26 bits per heavy atom. The molecular formula is C14H18N4O. The van der Waals surface area contributed by atoms with Gasteiger partial charge in [-0.3, -0.25) is 4.57 Å². The number of nitrogens with zero attached hydrogens (tertiary/aromatic N) is 3. The zero-order valence-electron chi connectivity index (χ0n) is 11.5. The van der Waals surface area contributed by atoms with Crippen molar-refractivity contribution in [3.8, 4) is 0 Å². The number of hydrogen-bond acceptors (Lipinski definition) is 4. The van der Waals surface area contributed by atoms with Crippen LogP contribution < -0.4 is 11.0 Å². The Morgan fingerprint density at radius 3 is 2.53 bits per heavy atom. The van der Waals surface area contributed by atoms with Gasteiger partial charge in [-0.15, -0.1) is 0 Å². The molecule has 100 valence electrons. The van der Waals surface area contributed by atoms with Gasteiger partial charge in [-0.1, -0.05) is 18.2 Å². The Morgan fingerprint density at radius 2 is 1.95 bits per heavy atom. The monoisotopic (exact) mass is 258 g/mol. The average Bonchev–Trinajstić information content (AvgIpc) is 2.39. The molecule has 0 radical (unpaired) electrons. The Labute approximate surface area is 112 Å². The standard InChI is InChI=1S/C14H18N4O/c1-10-5-4-6-11(2)12(10)7-8-18-9-16-13(15-3)17-14(18)19/h4-6,9H,7-8H2,1-3H3,(H,15,17,19). The first kappa shape index (κ1) is 13.3. The maximum absolute atomic E-state index is 11.8. The first-order chi connectivity index (χ1) is 9.11. The van der Waals surface area contributed by atoms with Crippen LogP contribution in [0, 0.1) is 13.8 Å². The van der Waals surface area contributed by atoms with Crippen LogP contribution in [-0.4, -0.2) is 21.6 Å². The van der Waals surface area contributed by atoms with E-state index in [4.69, 9.17) is 0 Å². The third-order valence-corrected chi connectivity index (χ3v) is 3.24. The van der Waals surface area contributed by atoms with E-state index in [1.807, 2.05) is 6.07 Å². The lowest BCUT2D eigenvalue weighted by molar-refractivity contribution is 0.630. The molecule has 0 aliphatic rings. The summed E-state index contributed by atoms with van der Waals surface area (Å²) in [6.07, 6.45) is 2.34. The SMILES string of the molecule is CNc1ncn(CCc2c(C)cccc2C)c(=O)n1. The molecule has 0 fully saturated rings. The third kappa shape index (κ3) is 2.99. The molecule has 1 aromatic heterocycles. The molecule has 1 N–H and O–H groups in total. The van der Waals surface area contributed by atoms with E-state index in [0.717, 1.165) is 6.42 Å². The van der Waals surface area contributed by atoms with Crippen molar-refractivity contribution in [2.45, 2.75) is 26.8 Å². The number of aryl methyl sites for hydroxylation is 3. The highest BCUT2D eigenvalue weighted by Crippen LogP contribution is 2.14. The van der Waals surface area contributed by atoms with Crippen molar-refractivity contribution in [3.63, 3.8) is 0 Å². The van der Waals surface area contributed by atoms with Crippen molar-refractivity contribution >= 4 is 5.95 Å². The summed E-state index contributed by atoms with van der Waals surface area (Å²) < 4.78 is 1.53. The minimum Gasteiger partial charge on any atom is -0.357 e. The van der Waals surface area contributed by atoms with Crippen LogP contribution in [0.1, 0.15) is 16.7 Å². The van der Waals surface area contributed by atoms with E-state index in [0.29, 0.717) is 12.5 Å². The number of hydrogen-bond donors (Lipinski definition) is 1. The lowest BCUT2D eigenvalue weighted by Crippen LogP contribution is -2.25. The van der Waals surface area contributed by atoms with Crippen LogP contribution in [0.5, 0.6) is 0 Å². The number of benzene rings is 1. The lowest BCUT2D eigenvalue weighted by Gasteiger charge is -2.10. The predicted molar refractivity (Wildman–Crippen MR) is 75.5 cm³/mol. The van der Waals surface area contributed by atoms with Crippen molar-refractivity contribution in [1.29, 1.82) is 0 Å². The summed E-state index contributed by atoms with van der Waals surface area (Å²) in [4.78, 5) is 19.7. The van der Waals surface area contributed by atoms with Gasteiger partial charge in [0.2, 0.25) is 5.95 Å². The van der Waals surface area contributed by atoms with Crippen molar-refractivity contribution in [2.24, 2.45) is 0 Å². The second-order valence-corrected chi connectivity index (χ2v) is 4.53. The lowest BCUT2D eigenvalue weighted by atomic mass is 10.0. The van der Waals surface area contributed by atoms with Crippen LogP contribution in [-0.2, 0) is 13.0 Å². The second-order valence-electron chi connectivity index (χ2n) is 4.53. The molecule has 1 aromatic carbocycles. The average molecular weight is 258 g/mol. The Kier molecular flexibility index (Phi) is 3.94. The van der Waals surface area contributed by atoms with E-state index in [1.54, 1.807) is 7.05 Å². The molecule has 1 heterocycles. The fourth-order valence-electron chi connectivity index (χ4n) is 2.11. The molecule has 2 aromatic rings. The summed E-state index contributed by atoms with van der Waals surface area (Å²) in [6, 6.07) is 6.22. The van der Waals surface area contributed by atoms with Gasteiger partial charge in [-0.25, -0.2) is 9.78 Å². The van der Waals surface area contributed by atoms with Gasteiger partial charge in [0.25, 0.3) is 0 Å². The predicted octanol–water partition coefficient (Wildman–Crippen LogP) is 1.54. The number of rotatable bonds is 4. The zero-order chi connectivity index (χ0) is 13.8. The molecule has 0 aliphatic carbocycles. The molecule has 0 bridgehead atoms. The van der Waals surface area contributed by atoms with Crippen LogP contribution in [0.4, 0.5) is 5.95 Å². The van der Waals surface area contributed by atoms with Crippen molar-refractivity contribution in [2.75, 3.05) is 12.4 Å². The summed E-state index contributed by atoms with van der Waals surface area (Å²) in [6.45, 7) is 4.77. The van der Waals surface area contributed by atoms with Crippen LogP contribution in [0.3, 0.4) is 0 Å². The van der Waals surface area contributed by atoms with E-state index in [-0.39, 0.29) is 5.69 Å². The highest BCUT2D eigenvalue weighted by Gasteiger charge is 2.04. The summed E-state index contributed by atoms with van der Waals surface area (Å²) in [5, 5.41) is 2.75. The number of anilines is 1. The molecule has 0 saturated heterocycles. The molecule has 0 saturated carbocycles. The summed E-state index contributed by atoms with van der Waals surface area (Å²) >= 11 is 0. The van der Waals surface area contributed by atoms with Gasteiger partial charge in [-0.05, 0) is 37.0 Å². The van der Waals surface area contributed by atoms with Crippen LogP contribution in [0.2, 0.25) is 0 Å². The van der Waals surface area contributed by atoms with Crippen LogP contribution in [0.15, 0.2) is 29.3 Å². The van der Waals surface area contributed by atoms with Gasteiger partial charge in [0.05, 0.1) is 0 Å². The Bertz CT molecular complexity index is 613. The second kappa shape index (κ2) is 5.65. The van der Waals surface area contributed by atoms with Gasteiger partial charge < -0.3 is 5.32 Å². The zero-order valence-corrected chi connectivity index (χ0v) is 11.5. The molecular weight excluding hydrogens is 240 g/mol. The summed E-state index contributed by atoms with van der Waals surface area (Å²) in [5.74, 6) is 0.355. The molecule has 2 rings (SSSR count). The highest BCUT2D eigenvalue weighted by molar-refractivity contribution is 5.33. The molecule has 0 atom stereocenters. The molecule has 0 amide bonds. The van der Waals surface area contributed by atoms with E-state index in [1.165, 1.54) is 27.6 Å². The van der Waals surface area contributed by atoms with Gasteiger partial charge in [0, 0.05) is 13.6 Å². The smallest absolute Gasteiger partial charge is 0.352 e. The number of aromatic nitrogens is 3. The first-order valence-corrected chi connectivity index (χ1v) is 6.28. The van der Waals surface area contributed by atoms with Crippen molar-refractivity contribution in [1.82, 2.24) is 14.5 Å². The minimum absolute atomic E-state index is 0.273. The fourth-order valence-corrected chi connectivity index (χ4v) is 2.11. The summed E-state index contributed by atoms with van der Waals surface area (Å²) in [5.41, 5.74) is 3.51. The van der Waals surface area contributed by atoms with Crippen molar-refractivity contribution in [3.05, 3.63) is 51.7 Å². The first-order valence-electron chi connectivity index (χ1n) is 6.28. The molecule has 5 heteroatoms. The van der Waals surface area contributed by atoms with E-state index in [2.05, 4.69) is 41.3 Å². The maximum Gasteiger partial charge on any atom is 0.352 e. The van der Waals surface area contributed by atoms with Crippen LogP contribution >= 0.6 is 0 Å². The fraction of sp³-hybridized carbons (Fsp3) is 0.357. The maximum atomic E-state index is 11.8. The minimum atomic E-state index is -0.273. The largest absolute Gasteiger partial charge is 0.357 e. The molecule has 0 spiro atoms. The Hall–Kier alpha value is -2.17. The normalized spacial score (nSPS) is 10.5. The number of nitrogens with one attached hydrogen (secondary N) is 1. The highest BCUT2D eigenvalue weighted by atomic mass is 16.1. The van der Waals surface area contributed by atoms with Crippen LogP contribution in [0.25, 0.3) is 0 Å². The van der Waals surface area contributed by atoms with Gasteiger partial charge in [0.1, 0.15) is 6.33 Å². The van der Waals surface area contributed by atoms with Gasteiger partial charge >= 0.3 is 5.69 Å². The molecule has 5 nitrogen and oxygen atoms in total. The molecule has 19 heavy (non-hydrogen) atoms. The topological polar surface area (TPSA) is 59.8 Å². The van der Waals surface area contributed by atoms with Gasteiger partial charge in [-0.2, -0.15) is 4.98 Å². The molecule has 0 unspecified atom stereocenters. The molecule has 0 aliphatic heterocycles. The van der Waals surface area contributed by atoms with E-state index < -0.39 is 0 Å². The van der Waals surface area contributed by atoms with E-state index in [9.17, 15) is 4.79 Å². The summed E-state index contributed by atoms with van der Waals surface area (Å²) in [7, 11) is 1.69. The van der Waals surface area contributed by atoms with Crippen molar-refractivity contribution < 1.29 is 0 Å². The Balaban J connectivity index is 2.17. The third-order valence-electron chi connectivity index (χ3n) is 3.24. The quantitative estimate of drug-likeness (QED) is 0.903.